The summed E-state index contributed by atoms with van der Waals surface area (Å²) in [6, 6.07) is 13.9. The molecule has 0 fully saturated rings. The van der Waals surface area contributed by atoms with Crippen LogP contribution in [0, 0.1) is 0 Å². The first-order chi connectivity index (χ1) is 22.4. The fraction of sp³-hybridized carbons (Fsp3) is 0.486. The lowest BCUT2D eigenvalue weighted by atomic mass is 9.89. The van der Waals surface area contributed by atoms with Crippen LogP contribution in [0.3, 0.4) is 0 Å². The average Bonchev–Trinajstić information content (AvgIpc) is 3.26. The van der Waals surface area contributed by atoms with E-state index in [-0.39, 0.29) is 31.6 Å². The number of carbonyl (C=O) groups excluding carboxylic acids is 4. The molecule has 0 radical (unpaired) electrons. The molecular weight excluding hydrogens is 624 g/mol. The van der Waals surface area contributed by atoms with E-state index in [1.54, 1.807) is 97.2 Å². The Morgan fingerprint density at radius 2 is 1.17 bits per heavy atom. The summed E-state index contributed by atoms with van der Waals surface area (Å²) in [7, 11) is 4.18. The van der Waals surface area contributed by atoms with E-state index >= 15 is 0 Å². The molecule has 1 atom stereocenters. The van der Waals surface area contributed by atoms with E-state index in [2.05, 4.69) is 0 Å². The first-order valence-electron chi connectivity index (χ1n) is 15.4. The molecule has 3 rings (SSSR count). The van der Waals surface area contributed by atoms with E-state index in [1.165, 1.54) is 16.9 Å². The number of ether oxygens (including phenoxy) is 6. The lowest BCUT2D eigenvalue weighted by Crippen LogP contribution is -2.49. The number of aliphatic hydroxyl groups excluding tert-OH is 1. The molecule has 48 heavy (non-hydrogen) atoms. The molecule has 0 saturated heterocycles. The van der Waals surface area contributed by atoms with E-state index < -0.39 is 53.2 Å². The minimum Gasteiger partial charge on any atom is -0.502 e. The van der Waals surface area contributed by atoms with E-state index in [1.807, 2.05) is 0 Å². The third-order valence-electron chi connectivity index (χ3n) is 7.20. The van der Waals surface area contributed by atoms with Gasteiger partial charge in [-0.05, 0) is 76.9 Å². The largest absolute Gasteiger partial charge is 0.502 e. The predicted molar refractivity (Wildman–Crippen MR) is 174 cm³/mol. The zero-order chi connectivity index (χ0) is 35.9. The highest BCUT2D eigenvalue weighted by molar-refractivity contribution is 5.99. The van der Waals surface area contributed by atoms with Crippen molar-refractivity contribution in [3.63, 3.8) is 0 Å². The van der Waals surface area contributed by atoms with Crippen molar-refractivity contribution in [2.45, 2.75) is 77.9 Å². The van der Waals surface area contributed by atoms with E-state index in [0.717, 1.165) is 12.7 Å². The summed E-state index contributed by atoms with van der Waals surface area (Å²) in [6.45, 7) is 9.67. The molecular formula is C35H46N2O11. The molecule has 2 aromatic carbocycles. The number of amides is 2. The highest BCUT2D eigenvalue weighted by Crippen LogP contribution is 2.38. The molecule has 2 aromatic rings. The van der Waals surface area contributed by atoms with Gasteiger partial charge in [0, 0.05) is 26.1 Å². The maximum atomic E-state index is 13.5. The molecule has 13 heteroatoms. The Bertz CT molecular complexity index is 1490. The molecule has 0 spiro atoms. The van der Waals surface area contributed by atoms with Crippen LogP contribution in [0.4, 0.5) is 9.59 Å². The number of rotatable bonds is 12. The van der Waals surface area contributed by atoms with Crippen molar-refractivity contribution in [1.82, 2.24) is 9.80 Å². The Hall–Kier alpha value is -4.94. The smallest absolute Gasteiger partial charge is 0.410 e. The number of cyclic esters (lactones) is 1. The summed E-state index contributed by atoms with van der Waals surface area (Å²) in [5.74, 6) is -1.80. The molecule has 0 saturated carbocycles. The zero-order valence-corrected chi connectivity index (χ0v) is 29.1. The van der Waals surface area contributed by atoms with Crippen LogP contribution >= 0.6 is 0 Å². The second-order valence-corrected chi connectivity index (χ2v) is 13.2. The molecule has 1 N–H and O–H groups in total. The third-order valence-corrected chi connectivity index (χ3v) is 7.20. The van der Waals surface area contributed by atoms with Crippen molar-refractivity contribution < 1.29 is 52.7 Å². The van der Waals surface area contributed by atoms with Crippen molar-refractivity contribution in [3.05, 3.63) is 71.0 Å². The van der Waals surface area contributed by atoms with Gasteiger partial charge in [-0.15, -0.1) is 0 Å². The lowest BCUT2D eigenvalue weighted by Gasteiger charge is -2.34. The Balaban J connectivity index is 2.01. The number of nitrogens with zero attached hydrogens (tertiary/aromatic N) is 2. The van der Waals surface area contributed by atoms with Crippen LogP contribution in [0.5, 0.6) is 11.5 Å². The van der Waals surface area contributed by atoms with Gasteiger partial charge in [0.2, 0.25) is 11.4 Å². The minimum absolute atomic E-state index is 0.0252. The Kier molecular flexibility index (Phi) is 12.0. The van der Waals surface area contributed by atoms with Gasteiger partial charge in [0.05, 0.1) is 33.4 Å². The monoisotopic (exact) mass is 670 g/mol. The Morgan fingerprint density at radius 3 is 1.58 bits per heavy atom. The molecule has 0 aromatic heterocycles. The molecule has 1 unspecified atom stereocenters. The van der Waals surface area contributed by atoms with Crippen LogP contribution in [0.2, 0.25) is 0 Å². The maximum Gasteiger partial charge on any atom is 0.410 e. The second kappa shape index (κ2) is 15.3. The van der Waals surface area contributed by atoms with Gasteiger partial charge < -0.3 is 38.4 Å². The molecule has 2 amide bonds. The van der Waals surface area contributed by atoms with Gasteiger partial charge in [-0.2, -0.15) is 0 Å². The van der Waals surface area contributed by atoms with Gasteiger partial charge in [0.15, 0.2) is 0 Å². The number of hydrogen-bond acceptors (Lipinski definition) is 11. The average molecular weight is 671 g/mol. The highest BCUT2D eigenvalue weighted by Gasteiger charge is 2.56. The minimum atomic E-state index is -2.18. The van der Waals surface area contributed by atoms with E-state index in [9.17, 15) is 24.3 Å². The number of aliphatic hydroxyl groups is 1. The molecule has 262 valence electrons. The van der Waals surface area contributed by atoms with E-state index in [4.69, 9.17) is 28.4 Å². The lowest BCUT2D eigenvalue weighted by molar-refractivity contribution is -0.172. The van der Waals surface area contributed by atoms with Crippen molar-refractivity contribution >= 4 is 24.1 Å². The van der Waals surface area contributed by atoms with Crippen LogP contribution in [-0.2, 0) is 41.6 Å². The summed E-state index contributed by atoms with van der Waals surface area (Å²) >= 11 is 0. The van der Waals surface area contributed by atoms with Crippen molar-refractivity contribution in [2.24, 2.45) is 0 Å². The normalized spacial score (nSPS) is 16.1. The number of benzene rings is 2. The van der Waals surface area contributed by atoms with Crippen LogP contribution in [-0.4, -0.2) is 90.3 Å². The van der Waals surface area contributed by atoms with Gasteiger partial charge in [-0.3, -0.25) is 4.90 Å². The van der Waals surface area contributed by atoms with Gasteiger partial charge in [-0.25, -0.2) is 19.2 Å². The molecule has 1 aliphatic rings. The summed E-state index contributed by atoms with van der Waals surface area (Å²) < 4.78 is 32.4. The van der Waals surface area contributed by atoms with Crippen molar-refractivity contribution in [3.8, 4) is 11.5 Å². The molecule has 0 bridgehead atoms. The number of esters is 2. The number of hydrogen-bond donors (Lipinski definition) is 1. The fourth-order valence-corrected chi connectivity index (χ4v) is 4.88. The molecule has 1 aliphatic heterocycles. The summed E-state index contributed by atoms with van der Waals surface area (Å²) in [4.78, 5) is 56.0. The fourth-order valence-electron chi connectivity index (χ4n) is 4.88. The van der Waals surface area contributed by atoms with Crippen LogP contribution in [0.1, 0.15) is 59.1 Å². The number of carbonyl (C=O) groups is 4. The third kappa shape index (κ3) is 9.79. The quantitative estimate of drug-likeness (QED) is 0.224. The first kappa shape index (κ1) is 37.5. The summed E-state index contributed by atoms with van der Waals surface area (Å²) in [5, 5.41) is 11.0. The first-order valence-corrected chi connectivity index (χ1v) is 15.4. The molecule has 0 aliphatic carbocycles. The van der Waals surface area contributed by atoms with Crippen molar-refractivity contribution in [1.29, 1.82) is 0 Å². The van der Waals surface area contributed by atoms with Gasteiger partial charge in [0.1, 0.15) is 22.7 Å². The molecule has 13 nitrogen and oxygen atoms in total. The Morgan fingerprint density at radius 1 is 0.729 bits per heavy atom. The van der Waals surface area contributed by atoms with Gasteiger partial charge in [-0.1, -0.05) is 24.3 Å². The van der Waals surface area contributed by atoms with Gasteiger partial charge >= 0.3 is 24.1 Å². The van der Waals surface area contributed by atoms with Gasteiger partial charge in [0.25, 0.3) is 0 Å². The summed E-state index contributed by atoms with van der Waals surface area (Å²) in [6.07, 6.45) is -1.79. The van der Waals surface area contributed by atoms with Crippen LogP contribution in [0.15, 0.2) is 59.9 Å². The molecule has 1 heterocycles. The highest BCUT2D eigenvalue weighted by atomic mass is 16.6. The second-order valence-electron chi connectivity index (χ2n) is 13.2. The van der Waals surface area contributed by atoms with Crippen molar-refractivity contribution in [2.75, 3.05) is 34.4 Å². The van der Waals surface area contributed by atoms with Crippen LogP contribution < -0.4 is 9.47 Å². The maximum absolute atomic E-state index is 13.5. The Labute approximate surface area is 281 Å². The number of methoxy groups -OCH3 is 3. The van der Waals surface area contributed by atoms with E-state index in [0.29, 0.717) is 17.1 Å². The zero-order valence-electron chi connectivity index (χ0n) is 29.1. The topological polar surface area (TPSA) is 150 Å². The van der Waals surface area contributed by atoms with Crippen LogP contribution in [0.25, 0.3) is 0 Å². The standard InChI is InChI=1S/C35H46N2O11/c1-33(2,3)47-31(41)36(20-23-10-14-25(43-7)15-11-23)19-18-35(30(40)45-9)27(28(38)29(39)46-35)22-37(32(42)48-34(4,5)6)21-24-12-16-26(44-8)17-13-24/h10-17,38H,18-22H2,1-9H3. The summed E-state index contributed by atoms with van der Waals surface area (Å²) in [5.41, 5.74) is -2.73. The SMILES string of the molecule is COC(=O)C1(CCN(Cc2ccc(OC)cc2)C(=O)OC(C)(C)C)OC(=O)C(O)=C1CN(Cc1ccc(OC)cc1)C(=O)OC(C)(C)C. The predicted octanol–water partition coefficient (Wildman–Crippen LogP) is 5.55.